The summed E-state index contributed by atoms with van der Waals surface area (Å²) < 4.78 is 9.96. The molecule has 1 heterocycles. The maximum atomic E-state index is 10.2. The Morgan fingerprint density at radius 2 is 2.70 bits per heavy atom. The third-order valence-electron chi connectivity index (χ3n) is 1.39. The van der Waals surface area contributed by atoms with Gasteiger partial charge in [-0.2, -0.15) is 0 Å². The monoisotopic (exact) mass is 142 g/mol. The van der Waals surface area contributed by atoms with Crippen molar-refractivity contribution in [3.63, 3.8) is 0 Å². The first-order chi connectivity index (χ1) is 4.86. The minimum atomic E-state index is -0.231. The fourth-order valence-corrected chi connectivity index (χ4v) is 0.862. The Balaban J connectivity index is 2.48. The number of allylic oxidation sites excluding steroid dienone is 2. The summed E-state index contributed by atoms with van der Waals surface area (Å²) >= 11 is 0. The number of methoxy groups -OCH3 is 1. The van der Waals surface area contributed by atoms with Crippen LogP contribution in [0.2, 0.25) is 0 Å². The van der Waals surface area contributed by atoms with Gasteiger partial charge in [0.15, 0.2) is 18.3 Å². The van der Waals surface area contributed by atoms with E-state index in [1.807, 2.05) is 0 Å². The van der Waals surface area contributed by atoms with Crippen molar-refractivity contribution in [1.29, 1.82) is 0 Å². The van der Waals surface area contributed by atoms with Crippen LogP contribution in [0.5, 0.6) is 0 Å². The smallest absolute Gasteiger partial charge is 0.200 e. The van der Waals surface area contributed by atoms with E-state index < -0.39 is 0 Å². The molecule has 0 spiro atoms. The molecular formula is C7H10O3. The van der Waals surface area contributed by atoms with Crippen LogP contribution < -0.4 is 0 Å². The second-order valence-corrected chi connectivity index (χ2v) is 2.08. The summed E-state index contributed by atoms with van der Waals surface area (Å²) in [5.74, 6) is 0.387. The molecule has 3 nitrogen and oxygen atoms in total. The van der Waals surface area contributed by atoms with E-state index in [0.29, 0.717) is 12.0 Å². The van der Waals surface area contributed by atoms with Crippen LogP contribution in [0.4, 0.5) is 0 Å². The van der Waals surface area contributed by atoms with Crippen LogP contribution in [0, 0.1) is 0 Å². The van der Waals surface area contributed by atoms with Crippen molar-refractivity contribution < 1.29 is 14.3 Å². The van der Waals surface area contributed by atoms with Crippen LogP contribution in [-0.2, 0) is 14.3 Å². The fraction of sp³-hybridized carbons (Fsp3) is 0.571. The number of hydrogen-bond donors (Lipinski definition) is 0. The molecule has 0 fully saturated rings. The predicted molar refractivity (Wildman–Crippen MR) is 35.3 cm³/mol. The van der Waals surface area contributed by atoms with Crippen LogP contribution >= 0.6 is 0 Å². The maximum absolute atomic E-state index is 10.2. The Kier molecular flexibility index (Phi) is 2.45. The predicted octanol–water partition coefficient (Wildman–Crippen LogP) is 0.852. The molecule has 0 radical (unpaired) electrons. The number of carbonyl (C=O) groups is 1. The van der Waals surface area contributed by atoms with Crippen LogP contribution in [0.1, 0.15) is 12.8 Å². The second kappa shape index (κ2) is 3.37. The van der Waals surface area contributed by atoms with E-state index in [0.717, 1.165) is 12.8 Å². The van der Waals surface area contributed by atoms with Crippen LogP contribution in [0.3, 0.4) is 0 Å². The molecule has 0 unspecified atom stereocenters. The van der Waals surface area contributed by atoms with Gasteiger partial charge in [0, 0.05) is 13.5 Å². The van der Waals surface area contributed by atoms with Crippen molar-refractivity contribution in [2.75, 3.05) is 7.11 Å². The molecule has 0 aromatic heterocycles. The summed E-state index contributed by atoms with van der Waals surface area (Å²) in [5, 5.41) is 0. The zero-order valence-corrected chi connectivity index (χ0v) is 5.87. The van der Waals surface area contributed by atoms with Crippen LogP contribution in [0.15, 0.2) is 11.8 Å². The standard InChI is InChI=1S/C7H10O3/c1-9-7-4-2-3-6(5-8)10-7/h3,5,7H,2,4H2,1H3/t7-/m0/s1. The molecule has 0 saturated carbocycles. The summed E-state index contributed by atoms with van der Waals surface area (Å²) in [4.78, 5) is 10.2. The SMILES string of the molecule is CO[C@@H]1CCC=C(C=O)O1. The topological polar surface area (TPSA) is 35.5 Å². The maximum Gasteiger partial charge on any atom is 0.200 e. The molecule has 0 aliphatic carbocycles. The van der Waals surface area contributed by atoms with Gasteiger partial charge in [-0.15, -0.1) is 0 Å². The summed E-state index contributed by atoms with van der Waals surface area (Å²) in [6.45, 7) is 0. The van der Waals surface area contributed by atoms with Crippen molar-refractivity contribution >= 4 is 6.29 Å². The van der Waals surface area contributed by atoms with Gasteiger partial charge >= 0.3 is 0 Å². The molecule has 56 valence electrons. The van der Waals surface area contributed by atoms with E-state index >= 15 is 0 Å². The Bertz CT molecular complexity index is 151. The fourth-order valence-electron chi connectivity index (χ4n) is 0.862. The molecule has 0 aromatic rings. The number of hydrogen-bond acceptors (Lipinski definition) is 3. The van der Waals surface area contributed by atoms with Gasteiger partial charge in [0.1, 0.15) is 0 Å². The van der Waals surface area contributed by atoms with E-state index in [-0.39, 0.29) is 6.29 Å². The molecule has 0 aromatic carbocycles. The number of ether oxygens (including phenoxy) is 2. The molecule has 1 aliphatic rings. The van der Waals surface area contributed by atoms with Gasteiger partial charge in [0.05, 0.1) is 0 Å². The highest BCUT2D eigenvalue weighted by molar-refractivity contribution is 5.70. The summed E-state index contributed by atoms with van der Waals surface area (Å²) in [6.07, 6.45) is 3.92. The summed E-state index contributed by atoms with van der Waals surface area (Å²) in [6, 6.07) is 0. The quantitative estimate of drug-likeness (QED) is 0.536. The van der Waals surface area contributed by atoms with Crippen LogP contribution in [0.25, 0.3) is 0 Å². The molecule has 1 rings (SSSR count). The number of carbonyl (C=O) groups excluding carboxylic acids is 1. The molecule has 0 N–H and O–H groups in total. The van der Waals surface area contributed by atoms with E-state index in [9.17, 15) is 4.79 Å². The largest absolute Gasteiger partial charge is 0.462 e. The Labute approximate surface area is 59.6 Å². The average Bonchev–Trinajstić information content (AvgIpc) is 2.05. The highest BCUT2D eigenvalue weighted by atomic mass is 16.7. The Morgan fingerprint density at radius 1 is 1.90 bits per heavy atom. The van der Waals surface area contributed by atoms with Gasteiger partial charge in [-0.25, -0.2) is 0 Å². The molecule has 0 amide bonds. The Morgan fingerprint density at radius 3 is 3.30 bits per heavy atom. The molecule has 3 heteroatoms. The third-order valence-corrected chi connectivity index (χ3v) is 1.39. The normalized spacial score (nSPS) is 24.9. The van der Waals surface area contributed by atoms with E-state index in [1.54, 1.807) is 13.2 Å². The first kappa shape index (κ1) is 7.28. The van der Waals surface area contributed by atoms with Crippen molar-refractivity contribution in [3.05, 3.63) is 11.8 Å². The Hall–Kier alpha value is -0.830. The minimum absolute atomic E-state index is 0.231. The molecule has 1 atom stereocenters. The van der Waals surface area contributed by atoms with Crippen molar-refractivity contribution in [2.45, 2.75) is 19.1 Å². The van der Waals surface area contributed by atoms with E-state index in [2.05, 4.69) is 0 Å². The zero-order chi connectivity index (χ0) is 7.40. The molecule has 0 bridgehead atoms. The first-order valence-corrected chi connectivity index (χ1v) is 3.21. The number of aldehydes is 1. The lowest BCUT2D eigenvalue weighted by Crippen LogP contribution is -2.18. The van der Waals surface area contributed by atoms with Crippen molar-refractivity contribution in [3.8, 4) is 0 Å². The molecule has 0 saturated heterocycles. The lowest BCUT2D eigenvalue weighted by molar-refractivity contribution is -0.125. The van der Waals surface area contributed by atoms with Gasteiger partial charge in [0.25, 0.3) is 0 Å². The summed E-state index contributed by atoms with van der Waals surface area (Å²) in [7, 11) is 1.57. The lowest BCUT2D eigenvalue weighted by atomic mass is 10.2. The van der Waals surface area contributed by atoms with Gasteiger partial charge in [0.2, 0.25) is 0 Å². The number of rotatable bonds is 2. The van der Waals surface area contributed by atoms with Crippen molar-refractivity contribution in [2.24, 2.45) is 0 Å². The zero-order valence-electron chi connectivity index (χ0n) is 5.87. The van der Waals surface area contributed by atoms with Crippen molar-refractivity contribution in [1.82, 2.24) is 0 Å². The highest BCUT2D eigenvalue weighted by Crippen LogP contribution is 2.14. The minimum Gasteiger partial charge on any atom is -0.462 e. The first-order valence-electron chi connectivity index (χ1n) is 3.21. The van der Waals surface area contributed by atoms with Gasteiger partial charge in [-0.05, 0) is 12.5 Å². The third kappa shape index (κ3) is 1.57. The van der Waals surface area contributed by atoms with Crippen LogP contribution in [-0.4, -0.2) is 19.7 Å². The molecule has 10 heavy (non-hydrogen) atoms. The second-order valence-electron chi connectivity index (χ2n) is 2.08. The summed E-state index contributed by atoms with van der Waals surface area (Å²) in [5.41, 5.74) is 0. The lowest BCUT2D eigenvalue weighted by Gasteiger charge is -2.19. The average molecular weight is 142 g/mol. The highest BCUT2D eigenvalue weighted by Gasteiger charge is 2.13. The van der Waals surface area contributed by atoms with Gasteiger partial charge in [-0.3, -0.25) is 4.79 Å². The molecular weight excluding hydrogens is 132 g/mol. The van der Waals surface area contributed by atoms with Gasteiger partial charge < -0.3 is 9.47 Å². The van der Waals surface area contributed by atoms with Gasteiger partial charge in [-0.1, -0.05) is 0 Å². The molecule has 1 aliphatic heterocycles. The van der Waals surface area contributed by atoms with E-state index in [1.165, 1.54) is 0 Å². The van der Waals surface area contributed by atoms with E-state index in [4.69, 9.17) is 9.47 Å².